The van der Waals surface area contributed by atoms with Gasteiger partial charge in [-0.1, -0.05) is 20.8 Å². The van der Waals surface area contributed by atoms with Gasteiger partial charge in [0.1, 0.15) is 5.75 Å². The second kappa shape index (κ2) is 7.85. The number of halogens is 3. The van der Waals surface area contributed by atoms with Gasteiger partial charge in [-0.05, 0) is 30.0 Å². The summed E-state index contributed by atoms with van der Waals surface area (Å²) in [6.07, 6.45) is -4.09. The van der Waals surface area contributed by atoms with Gasteiger partial charge in [-0.3, -0.25) is 9.48 Å². The van der Waals surface area contributed by atoms with Gasteiger partial charge in [-0.2, -0.15) is 18.3 Å². The van der Waals surface area contributed by atoms with Crippen LogP contribution in [0.3, 0.4) is 0 Å². The van der Waals surface area contributed by atoms with Crippen LogP contribution in [0.15, 0.2) is 18.2 Å². The van der Waals surface area contributed by atoms with Crippen LogP contribution in [-0.4, -0.2) is 29.3 Å². The molecular formula is C21H27F3N4O2. The number of nitrogens with zero attached hydrogens (tertiary/aromatic N) is 3. The van der Waals surface area contributed by atoms with E-state index in [-0.39, 0.29) is 11.3 Å². The number of amides is 1. The number of ether oxygens (including phenoxy) is 1. The molecular weight excluding hydrogens is 397 g/mol. The van der Waals surface area contributed by atoms with E-state index < -0.39 is 11.9 Å². The van der Waals surface area contributed by atoms with Crippen molar-refractivity contribution in [2.75, 3.05) is 23.9 Å². The third-order valence-electron chi connectivity index (χ3n) is 4.91. The van der Waals surface area contributed by atoms with Gasteiger partial charge in [0.05, 0.1) is 31.6 Å². The molecule has 2 heterocycles. The predicted molar refractivity (Wildman–Crippen MR) is 109 cm³/mol. The summed E-state index contributed by atoms with van der Waals surface area (Å²) in [5, 5.41) is 6.60. The minimum atomic E-state index is -4.46. The maximum absolute atomic E-state index is 13.0. The molecule has 0 spiro atoms. The second-order valence-electron chi connectivity index (χ2n) is 8.79. The number of anilines is 2. The topological polar surface area (TPSA) is 59.4 Å². The predicted octanol–water partition coefficient (Wildman–Crippen LogP) is 4.61. The highest BCUT2D eigenvalue weighted by atomic mass is 19.4. The van der Waals surface area contributed by atoms with Crippen molar-refractivity contribution in [3.8, 4) is 5.75 Å². The van der Waals surface area contributed by atoms with Crippen molar-refractivity contribution < 1.29 is 22.7 Å². The van der Waals surface area contributed by atoms with Crippen LogP contribution >= 0.6 is 0 Å². The first-order valence-electron chi connectivity index (χ1n) is 9.75. The fraction of sp³-hybridized carbons (Fsp3) is 0.524. The number of nitrogens with one attached hydrogen (secondary N) is 1. The summed E-state index contributed by atoms with van der Waals surface area (Å²) in [5.74, 6) is 0.417. The lowest BCUT2D eigenvalue weighted by Crippen LogP contribution is -2.33. The maximum atomic E-state index is 13.0. The molecule has 1 aromatic carbocycles. The van der Waals surface area contributed by atoms with Crippen molar-refractivity contribution in [1.82, 2.24) is 9.78 Å². The number of fused-ring (bicyclic) bond motifs is 1. The molecule has 1 amide bonds. The first kappa shape index (κ1) is 22.0. The van der Waals surface area contributed by atoms with Crippen LogP contribution in [0.25, 0.3) is 0 Å². The largest absolute Gasteiger partial charge is 0.494 e. The molecule has 1 N–H and O–H groups in total. The molecule has 2 aromatic rings. The molecule has 9 heteroatoms. The molecule has 164 valence electrons. The van der Waals surface area contributed by atoms with Crippen LogP contribution in [0.5, 0.6) is 5.75 Å². The van der Waals surface area contributed by atoms with Crippen molar-refractivity contribution in [3.05, 3.63) is 35.2 Å². The number of rotatable bonds is 4. The fourth-order valence-electron chi connectivity index (χ4n) is 3.53. The highest BCUT2D eigenvalue weighted by molar-refractivity contribution is 5.94. The van der Waals surface area contributed by atoms with E-state index in [1.54, 1.807) is 6.07 Å². The maximum Gasteiger partial charge on any atom is 0.435 e. The molecule has 0 atom stereocenters. The van der Waals surface area contributed by atoms with Crippen molar-refractivity contribution in [2.45, 2.75) is 53.4 Å². The summed E-state index contributed by atoms with van der Waals surface area (Å²) in [4.78, 5) is 14.4. The van der Waals surface area contributed by atoms with E-state index in [0.29, 0.717) is 43.2 Å². The molecule has 0 unspecified atom stereocenters. The molecule has 0 radical (unpaired) electrons. The summed E-state index contributed by atoms with van der Waals surface area (Å²) in [5.41, 5.74) is 1.74. The number of benzene rings is 1. The Labute approximate surface area is 174 Å². The van der Waals surface area contributed by atoms with Gasteiger partial charge in [-0.15, -0.1) is 0 Å². The standard InChI is InChI=1S/C21H27F3N4O2/c1-13-8-14(9-16(30-5)19(13)25-18(29)11-20(2,3)4)27-6-7-28-15(12-27)10-17(26-28)21(22,23)24/h8-10H,6-7,11-12H2,1-5H3,(H,25,29). The normalized spacial score (nSPS) is 14.5. The average Bonchev–Trinajstić information content (AvgIpc) is 3.05. The highest BCUT2D eigenvalue weighted by Gasteiger charge is 2.35. The first-order chi connectivity index (χ1) is 13.9. The van der Waals surface area contributed by atoms with E-state index in [1.807, 2.05) is 38.7 Å². The van der Waals surface area contributed by atoms with Gasteiger partial charge in [0, 0.05) is 24.7 Å². The van der Waals surface area contributed by atoms with Crippen LogP contribution in [0.4, 0.5) is 24.5 Å². The molecule has 30 heavy (non-hydrogen) atoms. The van der Waals surface area contributed by atoms with Crippen LogP contribution in [0.1, 0.15) is 44.1 Å². The minimum absolute atomic E-state index is 0.0989. The van der Waals surface area contributed by atoms with Crippen molar-refractivity contribution in [1.29, 1.82) is 0 Å². The summed E-state index contributed by atoms with van der Waals surface area (Å²) in [7, 11) is 1.53. The Hall–Kier alpha value is -2.71. The zero-order chi connectivity index (χ0) is 22.3. The Bertz CT molecular complexity index is 945. The van der Waals surface area contributed by atoms with Gasteiger partial charge >= 0.3 is 6.18 Å². The Morgan fingerprint density at radius 2 is 1.90 bits per heavy atom. The zero-order valence-electron chi connectivity index (χ0n) is 17.9. The van der Waals surface area contributed by atoms with Gasteiger partial charge in [0.25, 0.3) is 0 Å². The van der Waals surface area contributed by atoms with Crippen molar-refractivity contribution in [2.24, 2.45) is 5.41 Å². The average molecular weight is 424 g/mol. The molecule has 0 bridgehead atoms. The SMILES string of the molecule is COc1cc(N2CCn3nc(C(F)(F)F)cc3C2)cc(C)c1NC(=O)CC(C)(C)C. The Morgan fingerprint density at radius 3 is 2.50 bits per heavy atom. The smallest absolute Gasteiger partial charge is 0.435 e. The zero-order valence-corrected chi connectivity index (χ0v) is 17.9. The Morgan fingerprint density at radius 1 is 1.20 bits per heavy atom. The third-order valence-corrected chi connectivity index (χ3v) is 4.91. The van der Waals surface area contributed by atoms with Gasteiger partial charge < -0.3 is 15.0 Å². The number of methoxy groups -OCH3 is 1. The van der Waals surface area contributed by atoms with Crippen LogP contribution in [0.2, 0.25) is 0 Å². The highest BCUT2D eigenvalue weighted by Crippen LogP contribution is 2.36. The third kappa shape index (κ3) is 4.88. The summed E-state index contributed by atoms with van der Waals surface area (Å²) >= 11 is 0. The number of aryl methyl sites for hydroxylation is 1. The molecule has 0 saturated heterocycles. The summed E-state index contributed by atoms with van der Waals surface area (Å²) < 4.78 is 45.8. The monoisotopic (exact) mass is 424 g/mol. The number of aromatic nitrogens is 2. The molecule has 0 aliphatic carbocycles. The molecule has 0 fully saturated rings. The molecule has 6 nitrogen and oxygen atoms in total. The first-order valence-corrected chi connectivity index (χ1v) is 9.75. The van der Waals surface area contributed by atoms with E-state index in [2.05, 4.69) is 10.4 Å². The number of carbonyl (C=O) groups excluding carboxylic acids is 1. The lowest BCUT2D eigenvalue weighted by atomic mass is 9.92. The number of hydrogen-bond donors (Lipinski definition) is 1. The van der Waals surface area contributed by atoms with Crippen LogP contribution in [-0.2, 0) is 24.1 Å². The molecule has 3 rings (SSSR count). The fourth-order valence-corrected chi connectivity index (χ4v) is 3.53. The molecule has 1 aromatic heterocycles. The van der Waals surface area contributed by atoms with Gasteiger partial charge in [-0.25, -0.2) is 0 Å². The Kier molecular flexibility index (Phi) is 5.75. The van der Waals surface area contributed by atoms with Gasteiger partial charge in [0.15, 0.2) is 5.69 Å². The minimum Gasteiger partial charge on any atom is -0.494 e. The van der Waals surface area contributed by atoms with E-state index in [9.17, 15) is 18.0 Å². The van der Waals surface area contributed by atoms with Crippen LogP contribution in [0, 0.1) is 12.3 Å². The van der Waals surface area contributed by atoms with Crippen LogP contribution < -0.4 is 15.0 Å². The molecule has 1 aliphatic rings. The molecule has 0 saturated carbocycles. The lowest BCUT2D eigenvalue weighted by molar-refractivity contribution is -0.141. The summed E-state index contributed by atoms with van der Waals surface area (Å²) in [6, 6.07) is 4.81. The number of alkyl halides is 3. The second-order valence-corrected chi connectivity index (χ2v) is 8.79. The van der Waals surface area contributed by atoms with Gasteiger partial charge in [0.2, 0.25) is 5.91 Å². The Balaban J connectivity index is 1.83. The quantitative estimate of drug-likeness (QED) is 0.779. The van der Waals surface area contributed by atoms with E-state index in [0.717, 1.165) is 17.3 Å². The summed E-state index contributed by atoms with van der Waals surface area (Å²) in [6.45, 7) is 9.03. The number of carbonyl (C=O) groups is 1. The van der Waals surface area contributed by atoms with Crippen molar-refractivity contribution >= 4 is 17.3 Å². The number of hydrogen-bond acceptors (Lipinski definition) is 4. The van der Waals surface area contributed by atoms with E-state index in [4.69, 9.17) is 4.74 Å². The molecule has 1 aliphatic heterocycles. The van der Waals surface area contributed by atoms with E-state index >= 15 is 0 Å². The van der Waals surface area contributed by atoms with Crippen molar-refractivity contribution in [3.63, 3.8) is 0 Å². The lowest BCUT2D eigenvalue weighted by Gasteiger charge is -2.30. The van der Waals surface area contributed by atoms with E-state index in [1.165, 1.54) is 11.8 Å².